The number of carbonyl (C=O) groups is 1. The first kappa shape index (κ1) is 19.2. The molecule has 0 unspecified atom stereocenters. The summed E-state index contributed by atoms with van der Waals surface area (Å²) in [5, 5.41) is 0. The van der Waals surface area contributed by atoms with Gasteiger partial charge in [-0.1, -0.05) is 20.8 Å². The quantitative estimate of drug-likeness (QED) is 0.773. The van der Waals surface area contributed by atoms with Crippen molar-refractivity contribution in [3.05, 3.63) is 24.5 Å². The van der Waals surface area contributed by atoms with Crippen LogP contribution in [0.1, 0.15) is 53.4 Å². The third kappa shape index (κ3) is 4.03. The zero-order valence-electron chi connectivity index (χ0n) is 16.7. The van der Waals surface area contributed by atoms with Crippen molar-refractivity contribution in [3.8, 4) is 0 Å². The molecule has 1 saturated heterocycles. The lowest BCUT2D eigenvalue weighted by Crippen LogP contribution is -2.55. The molecule has 144 valence electrons. The number of carbonyl (C=O) groups excluding carboxylic acids is 1. The molecule has 1 aliphatic carbocycles. The van der Waals surface area contributed by atoms with Gasteiger partial charge in [0.15, 0.2) is 0 Å². The molecule has 0 amide bonds. The highest BCUT2D eigenvalue weighted by Crippen LogP contribution is 2.46. The van der Waals surface area contributed by atoms with Crippen LogP contribution in [0.4, 0.5) is 5.69 Å². The van der Waals surface area contributed by atoms with Gasteiger partial charge >= 0.3 is 5.97 Å². The smallest absolute Gasteiger partial charge is 0.303 e. The SMILES string of the molecule is CC(=O)OC1(C(C)(C)C)CCC(N2CCN(c3ccncc3)CC2)CC1. The molecule has 1 aromatic rings. The summed E-state index contributed by atoms with van der Waals surface area (Å²) < 4.78 is 5.88. The molecule has 0 bridgehead atoms. The van der Waals surface area contributed by atoms with Gasteiger partial charge < -0.3 is 9.64 Å². The molecular formula is C21H33N3O2. The zero-order valence-corrected chi connectivity index (χ0v) is 16.7. The van der Waals surface area contributed by atoms with Crippen molar-refractivity contribution in [1.82, 2.24) is 9.88 Å². The number of aromatic nitrogens is 1. The Morgan fingerprint density at radius 3 is 2.19 bits per heavy atom. The maximum absolute atomic E-state index is 11.7. The van der Waals surface area contributed by atoms with Gasteiger partial charge in [0.05, 0.1) is 0 Å². The number of hydrogen-bond acceptors (Lipinski definition) is 5. The molecule has 26 heavy (non-hydrogen) atoms. The van der Waals surface area contributed by atoms with Gasteiger partial charge in [-0.25, -0.2) is 0 Å². The van der Waals surface area contributed by atoms with E-state index in [2.05, 4.69) is 47.7 Å². The Labute approximate surface area is 157 Å². The third-order valence-corrected chi connectivity index (χ3v) is 6.33. The van der Waals surface area contributed by atoms with Gasteiger partial charge in [0.25, 0.3) is 0 Å². The first-order chi connectivity index (χ1) is 12.3. The summed E-state index contributed by atoms with van der Waals surface area (Å²) in [6.07, 6.45) is 7.88. The lowest BCUT2D eigenvalue weighted by atomic mass is 9.67. The molecule has 1 saturated carbocycles. The second-order valence-corrected chi connectivity index (χ2v) is 8.80. The standard InChI is InChI=1S/C21H33N3O2/c1-17(25)26-21(20(2,3)4)9-5-18(6-10-21)23-13-15-24(16-14-23)19-7-11-22-12-8-19/h7-8,11-12,18H,5-6,9-10,13-16H2,1-4H3. The van der Waals surface area contributed by atoms with Crippen LogP contribution in [0, 0.1) is 5.41 Å². The first-order valence-corrected chi connectivity index (χ1v) is 9.89. The molecule has 5 heteroatoms. The monoisotopic (exact) mass is 359 g/mol. The van der Waals surface area contributed by atoms with Crippen molar-refractivity contribution in [3.63, 3.8) is 0 Å². The summed E-state index contributed by atoms with van der Waals surface area (Å²) in [6, 6.07) is 4.79. The molecule has 3 rings (SSSR count). The van der Waals surface area contributed by atoms with Gasteiger partial charge in [-0.15, -0.1) is 0 Å². The van der Waals surface area contributed by atoms with Crippen LogP contribution in [0.5, 0.6) is 0 Å². The maximum atomic E-state index is 11.7. The van der Waals surface area contributed by atoms with E-state index in [4.69, 9.17) is 4.74 Å². The minimum atomic E-state index is -0.311. The Hall–Kier alpha value is -1.62. The van der Waals surface area contributed by atoms with Crippen LogP contribution in [-0.4, -0.2) is 53.7 Å². The van der Waals surface area contributed by atoms with Crippen molar-refractivity contribution in [1.29, 1.82) is 0 Å². The number of hydrogen-bond donors (Lipinski definition) is 0. The minimum Gasteiger partial charge on any atom is -0.459 e. The molecule has 0 aromatic carbocycles. The van der Waals surface area contributed by atoms with Crippen LogP contribution in [0.3, 0.4) is 0 Å². The predicted molar refractivity (Wildman–Crippen MR) is 104 cm³/mol. The number of esters is 1. The van der Waals surface area contributed by atoms with E-state index in [1.54, 1.807) is 0 Å². The third-order valence-electron chi connectivity index (χ3n) is 6.33. The predicted octanol–water partition coefficient (Wildman–Crippen LogP) is 3.49. The van der Waals surface area contributed by atoms with Crippen molar-refractivity contribution < 1.29 is 9.53 Å². The summed E-state index contributed by atoms with van der Waals surface area (Å²) in [6.45, 7) is 12.5. The molecule has 5 nitrogen and oxygen atoms in total. The summed E-state index contributed by atoms with van der Waals surface area (Å²) in [5.41, 5.74) is 0.933. The molecular weight excluding hydrogens is 326 g/mol. The Kier molecular flexibility index (Phi) is 5.56. The number of ether oxygens (including phenoxy) is 1. The highest BCUT2D eigenvalue weighted by molar-refractivity contribution is 5.66. The molecule has 0 radical (unpaired) electrons. The maximum Gasteiger partial charge on any atom is 0.303 e. The van der Waals surface area contributed by atoms with E-state index in [0.29, 0.717) is 6.04 Å². The molecule has 1 aliphatic heterocycles. The average Bonchev–Trinajstić information content (AvgIpc) is 2.62. The van der Waals surface area contributed by atoms with Crippen LogP contribution in [0.2, 0.25) is 0 Å². The second-order valence-electron chi connectivity index (χ2n) is 8.80. The molecule has 2 heterocycles. The Bertz CT molecular complexity index is 595. The topological polar surface area (TPSA) is 45.7 Å². The van der Waals surface area contributed by atoms with Gasteiger partial charge in [0.2, 0.25) is 0 Å². The summed E-state index contributed by atoms with van der Waals surface area (Å²) in [7, 11) is 0. The fraction of sp³-hybridized carbons (Fsp3) is 0.714. The number of rotatable bonds is 3. The zero-order chi connectivity index (χ0) is 18.8. The van der Waals surface area contributed by atoms with Crippen LogP contribution in [-0.2, 0) is 9.53 Å². The van der Waals surface area contributed by atoms with E-state index in [-0.39, 0.29) is 17.0 Å². The normalized spacial score (nSPS) is 28.0. The van der Waals surface area contributed by atoms with Crippen molar-refractivity contribution in [2.45, 2.75) is 65.0 Å². The van der Waals surface area contributed by atoms with E-state index in [1.165, 1.54) is 12.6 Å². The second kappa shape index (κ2) is 7.55. The number of piperazine rings is 1. The van der Waals surface area contributed by atoms with Crippen molar-refractivity contribution >= 4 is 11.7 Å². The molecule has 2 aliphatic rings. The van der Waals surface area contributed by atoms with Crippen LogP contribution >= 0.6 is 0 Å². The van der Waals surface area contributed by atoms with E-state index in [1.807, 2.05) is 12.4 Å². The first-order valence-electron chi connectivity index (χ1n) is 9.89. The van der Waals surface area contributed by atoms with Crippen LogP contribution < -0.4 is 4.90 Å². The fourth-order valence-electron chi connectivity index (χ4n) is 4.61. The van der Waals surface area contributed by atoms with E-state index < -0.39 is 0 Å². The van der Waals surface area contributed by atoms with Gasteiger partial charge in [0, 0.05) is 62.6 Å². The molecule has 1 aromatic heterocycles. The summed E-state index contributed by atoms with van der Waals surface area (Å²) in [5.74, 6) is -0.149. The van der Waals surface area contributed by atoms with Crippen LogP contribution in [0.25, 0.3) is 0 Å². The summed E-state index contributed by atoms with van der Waals surface area (Å²) >= 11 is 0. The molecule has 0 atom stereocenters. The minimum absolute atomic E-state index is 0.0241. The molecule has 0 spiro atoms. The van der Waals surface area contributed by atoms with Gasteiger partial charge in [-0.3, -0.25) is 14.7 Å². The number of pyridine rings is 1. The largest absolute Gasteiger partial charge is 0.459 e. The van der Waals surface area contributed by atoms with Gasteiger partial charge in [0.1, 0.15) is 5.60 Å². The van der Waals surface area contributed by atoms with Gasteiger partial charge in [-0.2, -0.15) is 0 Å². The Morgan fingerprint density at radius 1 is 1.12 bits per heavy atom. The van der Waals surface area contributed by atoms with Crippen molar-refractivity contribution in [2.24, 2.45) is 5.41 Å². The van der Waals surface area contributed by atoms with Crippen LogP contribution in [0.15, 0.2) is 24.5 Å². The van der Waals surface area contributed by atoms with E-state index in [9.17, 15) is 4.79 Å². The summed E-state index contributed by atoms with van der Waals surface area (Å²) in [4.78, 5) is 20.9. The lowest BCUT2D eigenvalue weighted by molar-refractivity contribution is -0.179. The number of nitrogens with zero attached hydrogens (tertiary/aromatic N) is 3. The molecule has 2 fully saturated rings. The number of anilines is 1. The van der Waals surface area contributed by atoms with Gasteiger partial charge in [-0.05, 0) is 37.8 Å². The highest BCUT2D eigenvalue weighted by atomic mass is 16.6. The Morgan fingerprint density at radius 2 is 1.69 bits per heavy atom. The fourth-order valence-corrected chi connectivity index (χ4v) is 4.61. The highest BCUT2D eigenvalue weighted by Gasteiger charge is 2.48. The van der Waals surface area contributed by atoms with Crippen molar-refractivity contribution in [2.75, 3.05) is 31.1 Å². The van der Waals surface area contributed by atoms with E-state index in [0.717, 1.165) is 51.9 Å². The lowest BCUT2D eigenvalue weighted by Gasteiger charge is -2.50. The average molecular weight is 360 g/mol. The van der Waals surface area contributed by atoms with E-state index >= 15 is 0 Å². The molecule has 0 N–H and O–H groups in total. The Balaban J connectivity index is 1.56.